The summed E-state index contributed by atoms with van der Waals surface area (Å²) in [7, 11) is -4.51. The zero-order chi connectivity index (χ0) is 17.2. The van der Waals surface area contributed by atoms with Gasteiger partial charge < -0.3 is 10.0 Å². The van der Waals surface area contributed by atoms with Crippen molar-refractivity contribution in [1.29, 1.82) is 0 Å². The molecule has 1 fully saturated rings. The third kappa shape index (κ3) is 4.04. The summed E-state index contributed by atoms with van der Waals surface area (Å²) in [4.78, 5) is 24.5. The van der Waals surface area contributed by atoms with Gasteiger partial charge in [0.1, 0.15) is 0 Å². The highest BCUT2D eigenvalue weighted by molar-refractivity contribution is 7.90. The van der Waals surface area contributed by atoms with Crippen LogP contribution < -0.4 is 0 Å². The molecule has 1 amide bonds. The molecule has 0 aliphatic carbocycles. The lowest BCUT2D eigenvalue weighted by Gasteiger charge is -2.16. The highest BCUT2D eigenvalue weighted by Crippen LogP contribution is 2.20. The Morgan fingerprint density at radius 1 is 1.26 bits per heavy atom. The molecule has 1 atom stereocenters. The van der Waals surface area contributed by atoms with Crippen LogP contribution in [0.25, 0.3) is 0 Å². The Balaban J connectivity index is 2.05. The van der Waals surface area contributed by atoms with Gasteiger partial charge in [-0.15, -0.1) is 0 Å². The first-order chi connectivity index (χ1) is 10.7. The SMILES string of the molecule is O=C(O)C1CCN(C(=O)c2ccc(CS(=O)(=O)C(F)F)cc2)C1. The summed E-state index contributed by atoms with van der Waals surface area (Å²) in [6.07, 6.45) is 0.381. The first-order valence-electron chi connectivity index (χ1n) is 6.81. The van der Waals surface area contributed by atoms with E-state index in [2.05, 4.69) is 0 Å². The van der Waals surface area contributed by atoms with Crippen LogP contribution in [0.3, 0.4) is 0 Å². The normalized spacial score (nSPS) is 18.4. The Kier molecular flexibility index (Phi) is 4.98. The largest absolute Gasteiger partial charge is 0.481 e. The minimum Gasteiger partial charge on any atom is -0.481 e. The molecule has 9 heteroatoms. The van der Waals surface area contributed by atoms with Gasteiger partial charge in [0.25, 0.3) is 5.91 Å². The van der Waals surface area contributed by atoms with E-state index in [1.165, 1.54) is 29.2 Å². The van der Waals surface area contributed by atoms with Gasteiger partial charge >= 0.3 is 11.7 Å². The van der Waals surface area contributed by atoms with Crippen molar-refractivity contribution in [1.82, 2.24) is 4.90 Å². The maximum absolute atomic E-state index is 12.3. The Morgan fingerprint density at radius 2 is 1.87 bits per heavy atom. The summed E-state index contributed by atoms with van der Waals surface area (Å²) in [5.74, 6) is -6.15. The Bertz CT molecular complexity index is 702. The summed E-state index contributed by atoms with van der Waals surface area (Å²) >= 11 is 0. The number of carboxylic acids is 1. The van der Waals surface area contributed by atoms with Crippen LogP contribution in [0.1, 0.15) is 22.3 Å². The average Bonchev–Trinajstić information content (AvgIpc) is 2.96. The fourth-order valence-electron chi connectivity index (χ4n) is 2.37. The van der Waals surface area contributed by atoms with E-state index in [9.17, 15) is 26.8 Å². The number of likely N-dealkylation sites (tertiary alicyclic amines) is 1. The summed E-state index contributed by atoms with van der Waals surface area (Å²) < 4.78 is 46.9. The molecule has 2 rings (SSSR count). The molecule has 23 heavy (non-hydrogen) atoms. The lowest BCUT2D eigenvalue weighted by atomic mass is 10.1. The number of nitrogens with zero attached hydrogens (tertiary/aromatic N) is 1. The first kappa shape index (κ1) is 17.3. The minimum atomic E-state index is -4.51. The maximum Gasteiger partial charge on any atom is 0.337 e. The number of aliphatic carboxylic acids is 1. The van der Waals surface area contributed by atoms with Crippen LogP contribution in [0.4, 0.5) is 8.78 Å². The van der Waals surface area contributed by atoms with E-state index >= 15 is 0 Å². The third-order valence-electron chi connectivity index (χ3n) is 3.66. The monoisotopic (exact) mass is 347 g/mol. The van der Waals surface area contributed by atoms with Crippen LogP contribution in [0.5, 0.6) is 0 Å². The topological polar surface area (TPSA) is 91.8 Å². The summed E-state index contributed by atoms with van der Waals surface area (Å²) in [6.45, 7) is 0.451. The number of halogens is 2. The number of alkyl halides is 2. The number of rotatable bonds is 5. The molecule has 126 valence electrons. The molecule has 1 unspecified atom stereocenters. The molecule has 0 saturated carbocycles. The number of carbonyl (C=O) groups excluding carboxylic acids is 1. The first-order valence-corrected chi connectivity index (χ1v) is 8.53. The van der Waals surface area contributed by atoms with Gasteiger partial charge in [0.05, 0.1) is 11.7 Å². The second-order valence-corrected chi connectivity index (χ2v) is 7.31. The van der Waals surface area contributed by atoms with Gasteiger partial charge in [-0.25, -0.2) is 8.42 Å². The van der Waals surface area contributed by atoms with Crippen molar-refractivity contribution in [3.05, 3.63) is 35.4 Å². The van der Waals surface area contributed by atoms with Crippen molar-refractivity contribution >= 4 is 21.7 Å². The number of carboxylic acid groups (broad SMARTS) is 1. The van der Waals surface area contributed by atoms with Crippen molar-refractivity contribution in [2.45, 2.75) is 17.9 Å². The number of benzene rings is 1. The lowest BCUT2D eigenvalue weighted by Crippen LogP contribution is -2.29. The van der Waals surface area contributed by atoms with Gasteiger partial charge in [-0.3, -0.25) is 9.59 Å². The van der Waals surface area contributed by atoms with Crippen molar-refractivity contribution in [3.8, 4) is 0 Å². The van der Waals surface area contributed by atoms with Crippen molar-refractivity contribution < 1.29 is 31.9 Å². The molecule has 0 radical (unpaired) electrons. The molecule has 1 aliphatic heterocycles. The second kappa shape index (κ2) is 6.61. The van der Waals surface area contributed by atoms with Crippen LogP contribution in [0.2, 0.25) is 0 Å². The Hall–Kier alpha value is -2.03. The summed E-state index contributed by atoms with van der Waals surface area (Å²) in [5, 5.41) is 8.92. The van der Waals surface area contributed by atoms with Crippen LogP contribution in [-0.2, 0) is 20.4 Å². The fourth-order valence-corrected chi connectivity index (χ4v) is 3.15. The molecule has 6 nitrogen and oxygen atoms in total. The van der Waals surface area contributed by atoms with E-state index in [0.717, 1.165) is 0 Å². The molecule has 1 aromatic carbocycles. The molecule has 1 saturated heterocycles. The number of hydrogen-bond acceptors (Lipinski definition) is 4. The molecule has 0 aromatic heterocycles. The van der Waals surface area contributed by atoms with Crippen LogP contribution in [0, 0.1) is 5.92 Å². The number of carbonyl (C=O) groups is 2. The zero-order valence-electron chi connectivity index (χ0n) is 12.0. The minimum absolute atomic E-state index is 0.121. The van der Waals surface area contributed by atoms with Crippen LogP contribution >= 0.6 is 0 Å². The maximum atomic E-state index is 12.3. The Labute approximate surface area is 131 Å². The predicted octanol–water partition coefficient (Wildman–Crippen LogP) is 1.37. The fraction of sp³-hybridized carbons (Fsp3) is 0.429. The summed E-state index contributed by atoms with van der Waals surface area (Å²) in [5.41, 5.74) is 0.418. The number of sulfone groups is 1. The van der Waals surface area contributed by atoms with Gasteiger partial charge in [-0.05, 0) is 24.1 Å². The molecule has 1 N–H and O–H groups in total. The average molecular weight is 347 g/mol. The molecule has 0 bridgehead atoms. The highest BCUT2D eigenvalue weighted by atomic mass is 32.2. The van der Waals surface area contributed by atoms with E-state index in [1.54, 1.807) is 0 Å². The molecular formula is C14H15F2NO5S. The van der Waals surface area contributed by atoms with Crippen molar-refractivity contribution in [3.63, 3.8) is 0 Å². The second-order valence-electron chi connectivity index (χ2n) is 5.34. The zero-order valence-corrected chi connectivity index (χ0v) is 12.8. The van der Waals surface area contributed by atoms with Crippen molar-refractivity contribution in [2.75, 3.05) is 13.1 Å². The quantitative estimate of drug-likeness (QED) is 0.869. The van der Waals surface area contributed by atoms with Crippen LogP contribution in [0.15, 0.2) is 24.3 Å². The Morgan fingerprint density at radius 3 is 2.35 bits per heavy atom. The standard InChI is InChI=1S/C14H15F2NO5S/c15-14(16)23(21,22)8-9-1-3-10(4-2-9)12(18)17-6-5-11(7-17)13(19)20/h1-4,11,14H,5-8H2,(H,19,20). The van der Waals surface area contributed by atoms with Gasteiger partial charge in [-0.2, -0.15) is 8.78 Å². The lowest BCUT2D eigenvalue weighted by molar-refractivity contribution is -0.141. The van der Waals surface area contributed by atoms with E-state index in [1.807, 2.05) is 0 Å². The van der Waals surface area contributed by atoms with Gasteiger partial charge in [-0.1, -0.05) is 12.1 Å². The number of hydrogen-bond donors (Lipinski definition) is 1. The summed E-state index contributed by atoms with van der Waals surface area (Å²) in [6, 6.07) is 5.31. The van der Waals surface area contributed by atoms with E-state index in [-0.39, 0.29) is 23.6 Å². The molecular weight excluding hydrogens is 332 g/mol. The van der Waals surface area contributed by atoms with Crippen molar-refractivity contribution in [2.24, 2.45) is 5.92 Å². The van der Waals surface area contributed by atoms with E-state index in [4.69, 9.17) is 5.11 Å². The third-order valence-corrected chi connectivity index (χ3v) is 4.94. The van der Waals surface area contributed by atoms with E-state index in [0.29, 0.717) is 13.0 Å². The smallest absolute Gasteiger partial charge is 0.337 e. The molecule has 1 heterocycles. The predicted molar refractivity (Wildman–Crippen MR) is 76.7 cm³/mol. The van der Waals surface area contributed by atoms with Gasteiger partial charge in [0.2, 0.25) is 9.84 Å². The molecule has 0 spiro atoms. The molecule has 1 aromatic rings. The van der Waals surface area contributed by atoms with Crippen LogP contribution in [-0.4, -0.2) is 49.1 Å². The molecule has 1 aliphatic rings. The number of amides is 1. The van der Waals surface area contributed by atoms with Gasteiger partial charge in [0.15, 0.2) is 0 Å². The highest BCUT2D eigenvalue weighted by Gasteiger charge is 2.31. The van der Waals surface area contributed by atoms with E-state index < -0.39 is 33.2 Å². The van der Waals surface area contributed by atoms with Gasteiger partial charge in [0, 0.05) is 18.7 Å².